The summed E-state index contributed by atoms with van der Waals surface area (Å²) in [6, 6.07) is 30.5. The second-order valence-corrected chi connectivity index (χ2v) is 7.12. The minimum Gasteiger partial charge on any atom is -0.350 e. The van der Waals surface area contributed by atoms with Crippen molar-refractivity contribution in [3.63, 3.8) is 0 Å². The van der Waals surface area contributed by atoms with Gasteiger partial charge in [0.1, 0.15) is 11.6 Å². The van der Waals surface area contributed by atoms with Gasteiger partial charge in [-0.15, -0.1) is 35.9 Å². The summed E-state index contributed by atoms with van der Waals surface area (Å²) in [6.45, 7) is 3.81. The Balaban J connectivity index is 0.000000184. The summed E-state index contributed by atoms with van der Waals surface area (Å²) >= 11 is 0. The molecular weight excluding hydrogens is 577 g/mol. The Hall–Kier alpha value is -3.30. The van der Waals surface area contributed by atoms with Gasteiger partial charge in [-0.1, -0.05) is 41.5 Å². The van der Waals surface area contributed by atoms with Crippen molar-refractivity contribution in [1.29, 1.82) is 0 Å². The fourth-order valence-corrected chi connectivity index (χ4v) is 3.31. The summed E-state index contributed by atoms with van der Waals surface area (Å²) in [5.74, 6) is 1.68. The molecule has 0 bridgehead atoms. The Morgan fingerprint density at radius 2 is 1.59 bits per heavy atom. The van der Waals surface area contributed by atoms with Gasteiger partial charge in [-0.25, -0.2) is 9.67 Å². The second kappa shape index (κ2) is 10.8. The number of rotatable bonds is 3. The van der Waals surface area contributed by atoms with Crippen LogP contribution in [0.5, 0.6) is 0 Å². The quantitative estimate of drug-likeness (QED) is 0.267. The summed E-state index contributed by atoms with van der Waals surface area (Å²) in [7, 11) is 1.97. The molecule has 0 unspecified atom stereocenters. The van der Waals surface area contributed by atoms with Gasteiger partial charge in [-0.05, 0) is 25.7 Å². The minimum atomic E-state index is 0. The van der Waals surface area contributed by atoms with Gasteiger partial charge in [0.2, 0.25) is 0 Å². The van der Waals surface area contributed by atoms with Gasteiger partial charge >= 0.3 is 21.1 Å². The zero-order valence-corrected chi connectivity index (χ0v) is 20.4. The van der Waals surface area contributed by atoms with Gasteiger partial charge < -0.3 is 4.57 Å². The van der Waals surface area contributed by atoms with Crippen LogP contribution in [0.25, 0.3) is 28.1 Å². The predicted molar refractivity (Wildman–Crippen MR) is 123 cm³/mol. The number of imidazole rings is 1. The average Bonchev–Trinajstić information content (AvgIpc) is 3.40. The smallest absolute Gasteiger partial charge is 0.350 e. The summed E-state index contributed by atoms with van der Waals surface area (Å²) in [6.07, 6.45) is 3.82. The minimum absolute atomic E-state index is 0. The molecule has 3 aromatic carbocycles. The van der Waals surface area contributed by atoms with Crippen molar-refractivity contribution in [1.82, 2.24) is 24.3 Å². The maximum Gasteiger partial charge on any atom is 2.00 e. The van der Waals surface area contributed by atoms with Gasteiger partial charge in [0.15, 0.2) is 0 Å². The van der Waals surface area contributed by atoms with Crippen molar-refractivity contribution in [3.8, 4) is 28.1 Å². The molecule has 2 heterocycles. The van der Waals surface area contributed by atoms with E-state index >= 15 is 0 Å². The predicted octanol–water partition coefficient (Wildman–Crippen LogP) is 5.24. The number of aryl methyl sites for hydroxylation is 3. The molecule has 6 heteroatoms. The standard InChI is InChI=1S/C16H13N2.C10H10N3.Pt/c1-18-11-16(17-12-18)15-10-6-5-9-14(15)13-7-3-2-4-8-13;1-8-11-9(2)13(12-8)10-6-4-3-5-7-10;/h2-9,11-12H,1H3;3-6H,1-2H3;/q2*-1;+2. The molecule has 2 aromatic heterocycles. The molecular formula is C26H23N5Pt. The summed E-state index contributed by atoms with van der Waals surface area (Å²) in [5, 5.41) is 4.25. The number of nitrogens with zero attached hydrogens (tertiary/aromatic N) is 5. The molecule has 5 aromatic rings. The van der Waals surface area contributed by atoms with Crippen LogP contribution in [0.15, 0.2) is 85.3 Å². The maximum atomic E-state index is 4.40. The van der Waals surface area contributed by atoms with E-state index in [1.165, 1.54) is 5.56 Å². The molecule has 0 aliphatic rings. The molecule has 0 N–H and O–H groups in total. The van der Waals surface area contributed by atoms with Crippen LogP contribution >= 0.6 is 0 Å². The third-order valence-corrected chi connectivity index (χ3v) is 4.70. The molecule has 0 saturated carbocycles. The van der Waals surface area contributed by atoms with E-state index in [2.05, 4.69) is 45.4 Å². The molecule has 162 valence electrons. The van der Waals surface area contributed by atoms with Gasteiger partial charge in [-0.2, -0.15) is 29.4 Å². The zero-order valence-electron chi connectivity index (χ0n) is 18.1. The molecule has 0 aliphatic carbocycles. The van der Waals surface area contributed by atoms with Crippen LogP contribution < -0.4 is 0 Å². The van der Waals surface area contributed by atoms with Crippen molar-refractivity contribution >= 4 is 0 Å². The second-order valence-electron chi connectivity index (χ2n) is 7.12. The fourth-order valence-electron chi connectivity index (χ4n) is 3.31. The van der Waals surface area contributed by atoms with Crippen molar-refractivity contribution in [2.45, 2.75) is 13.8 Å². The van der Waals surface area contributed by atoms with Crippen LogP contribution in [0.1, 0.15) is 11.6 Å². The van der Waals surface area contributed by atoms with Gasteiger partial charge in [-0.3, -0.25) is 4.98 Å². The normalized spacial score (nSPS) is 10.1. The first-order valence-electron chi connectivity index (χ1n) is 10.0. The van der Waals surface area contributed by atoms with Crippen LogP contribution in [0.3, 0.4) is 0 Å². The van der Waals surface area contributed by atoms with Crippen molar-refractivity contribution in [2.24, 2.45) is 7.05 Å². The molecule has 0 fully saturated rings. The first-order chi connectivity index (χ1) is 15.1. The number of hydrogen-bond donors (Lipinski definition) is 0. The topological polar surface area (TPSA) is 48.5 Å². The molecule has 0 saturated heterocycles. The third kappa shape index (κ3) is 5.48. The largest absolute Gasteiger partial charge is 2.00 e. The van der Waals surface area contributed by atoms with Crippen molar-refractivity contribution in [3.05, 3.63) is 109 Å². The van der Waals surface area contributed by atoms with Gasteiger partial charge in [0.25, 0.3) is 0 Å². The van der Waals surface area contributed by atoms with Crippen LogP contribution in [0.2, 0.25) is 0 Å². The molecule has 0 aliphatic heterocycles. The molecule has 5 nitrogen and oxygen atoms in total. The van der Waals surface area contributed by atoms with Crippen LogP contribution in [-0.4, -0.2) is 24.3 Å². The molecule has 0 amide bonds. The Morgan fingerprint density at radius 1 is 0.844 bits per heavy atom. The third-order valence-electron chi connectivity index (χ3n) is 4.70. The molecule has 0 spiro atoms. The van der Waals surface area contributed by atoms with E-state index < -0.39 is 0 Å². The first-order valence-corrected chi connectivity index (χ1v) is 10.0. The van der Waals surface area contributed by atoms with Crippen LogP contribution in [0.4, 0.5) is 0 Å². The van der Waals surface area contributed by atoms with E-state index in [-0.39, 0.29) is 21.1 Å². The van der Waals surface area contributed by atoms with Gasteiger partial charge in [0.05, 0.1) is 6.33 Å². The van der Waals surface area contributed by atoms with E-state index in [1.54, 1.807) is 4.68 Å². The Kier molecular flexibility index (Phi) is 7.91. The number of para-hydroxylation sites is 1. The Labute approximate surface area is 203 Å². The van der Waals surface area contributed by atoms with E-state index in [9.17, 15) is 0 Å². The Morgan fingerprint density at radius 3 is 2.22 bits per heavy atom. The zero-order chi connectivity index (χ0) is 21.6. The summed E-state index contributed by atoms with van der Waals surface area (Å²) < 4.78 is 3.74. The number of hydrogen-bond acceptors (Lipinski definition) is 3. The number of aromatic nitrogens is 5. The molecule has 32 heavy (non-hydrogen) atoms. The molecule has 0 radical (unpaired) electrons. The monoisotopic (exact) mass is 600 g/mol. The van der Waals surface area contributed by atoms with E-state index in [4.69, 9.17) is 0 Å². The van der Waals surface area contributed by atoms with E-state index in [0.717, 1.165) is 34.2 Å². The van der Waals surface area contributed by atoms with E-state index in [0.29, 0.717) is 0 Å². The van der Waals surface area contributed by atoms with E-state index in [1.807, 2.05) is 92.6 Å². The molecule has 0 atom stereocenters. The molecule has 5 rings (SSSR count). The fraction of sp³-hybridized carbons (Fsp3) is 0.115. The van der Waals surface area contributed by atoms with Crippen LogP contribution in [-0.2, 0) is 28.1 Å². The SMILES string of the molecule is Cc1nc(C)n(-c2[c-]cccc2)n1.Cn1cnc(-c2[c-]cccc2-c2ccccc2)c1.[Pt+2]. The van der Waals surface area contributed by atoms with Crippen molar-refractivity contribution < 1.29 is 21.1 Å². The number of benzene rings is 3. The maximum absolute atomic E-state index is 4.40. The first kappa shape index (κ1) is 23.4. The average molecular weight is 601 g/mol. The van der Waals surface area contributed by atoms with Crippen LogP contribution in [0, 0.1) is 26.0 Å². The van der Waals surface area contributed by atoms with Gasteiger partial charge in [0, 0.05) is 12.7 Å². The van der Waals surface area contributed by atoms with Crippen molar-refractivity contribution in [2.75, 3.05) is 0 Å². The summed E-state index contributed by atoms with van der Waals surface area (Å²) in [5.41, 5.74) is 5.29. The Bertz CT molecular complexity index is 1260. The summed E-state index contributed by atoms with van der Waals surface area (Å²) in [4.78, 5) is 8.62.